The summed E-state index contributed by atoms with van der Waals surface area (Å²) in [6.07, 6.45) is -2.33. The molecule has 0 bridgehead atoms. The summed E-state index contributed by atoms with van der Waals surface area (Å²) in [6, 6.07) is 11.1. The Balaban J connectivity index is 0.000000270. The first-order chi connectivity index (χ1) is 9.79. The van der Waals surface area contributed by atoms with Crippen molar-refractivity contribution in [2.75, 3.05) is 19.6 Å². The van der Waals surface area contributed by atoms with Gasteiger partial charge >= 0.3 is 6.18 Å². The highest BCUT2D eigenvalue weighted by atomic mass is 19.4. The first-order valence-electron chi connectivity index (χ1n) is 6.88. The molecule has 2 N–H and O–H groups in total. The molecule has 6 heteroatoms. The van der Waals surface area contributed by atoms with E-state index < -0.39 is 12.0 Å². The first-order valence-corrected chi connectivity index (χ1v) is 6.88. The topological polar surface area (TPSA) is 46.3 Å². The molecule has 2 rings (SSSR count). The fourth-order valence-corrected chi connectivity index (χ4v) is 2.00. The van der Waals surface area contributed by atoms with Crippen molar-refractivity contribution in [3.8, 4) is 0 Å². The lowest BCUT2D eigenvalue weighted by Gasteiger charge is -2.14. The lowest BCUT2D eigenvalue weighted by molar-refractivity contribution is -0.168. The highest BCUT2D eigenvalue weighted by Gasteiger charge is 2.33. The van der Waals surface area contributed by atoms with E-state index in [0.717, 1.165) is 25.9 Å². The monoisotopic (exact) mass is 302 g/mol. The second-order valence-corrected chi connectivity index (χ2v) is 5.14. The fraction of sp³-hybridized carbons (Fsp3) is 0.533. The summed E-state index contributed by atoms with van der Waals surface area (Å²) in [6.45, 7) is 3.89. The molecule has 1 saturated heterocycles. The molecule has 3 nitrogen and oxygen atoms in total. The second kappa shape index (κ2) is 8.14. The van der Waals surface area contributed by atoms with Crippen molar-refractivity contribution in [3.05, 3.63) is 35.9 Å². The van der Waals surface area contributed by atoms with Crippen molar-refractivity contribution in [2.24, 2.45) is 5.73 Å². The Morgan fingerprint density at radius 2 is 1.90 bits per heavy atom. The Morgan fingerprint density at radius 3 is 2.33 bits per heavy atom. The van der Waals surface area contributed by atoms with Gasteiger partial charge in [0.1, 0.15) is 0 Å². The summed E-state index contributed by atoms with van der Waals surface area (Å²) >= 11 is 0. The number of nitrogens with zero attached hydrogens (tertiary/aromatic N) is 1. The molecule has 1 aliphatic heterocycles. The zero-order valence-electron chi connectivity index (χ0n) is 12.1. The van der Waals surface area contributed by atoms with Gasteiger partial charge < -0.3 is 10.6 Å². The van der Waals surface area contributed by atoms with Gasteiger partial charge in [-0.25, -0.2) is 0 Å². The number of halogens is 3. The smallest absolute Gasteiger partial charge is 0.326 e. The molecule has 1 fully saturated rings. The number of nitrogens with two attached hydrogens (primary N) is 1. The molecule has 1 aliphatic rings. The standard InChI is InChI=1S/C12H18N2.C3H3F3O/c13-12-7-9-14(10-12)8-6-11-4-2-1-3-5-11;1-2(7)3(4,5)6/h1-5,12H,6-10,13H2;1H3. The van der Waals surface area contributed by atoms with Crippen LogP contribution in [-0.4, -0.2) is 42.5 Å². The van der Waals surface area contributed by atoms with Gasteiger partial charge in [-0.1, -0.05) is 30.3 Å². The normalized spacial score (nSPS) is 19.0. The van der Waals surface area contributed by atoms with Crippen LogP contribution in [0, 0.1) is 0 Å². The van der Waals surface area contributed by atoms with Crippen LogP contribution in [0.15, 0.2) is 30.3 Å². The van der Waals surface area contributed by atoms with Crippen LogP contribution in [0.5, 0.6) is 0 Å². The summed E-state index contributed by atoms with van der Waals surface area (Å²) in [4.78, 5) is 11.8. The summed E-state index contributed by atoms with van der Waals surface area (Å²) < 4.78 is 32.5. The van der Waals surface area contributed by atoms with Crippen molar-refractivity contribution in [3.63, 3.8) is 0 Å². The van der Waals surface area contributed by atoms with E-state index >= 15 is 0 Å². The number of ketones is 1. The predicted molar refractivity (Wildman–Crippen MR) is 75.9 cm³/mol. The maximum Gasteiger partial charge on any atom is 0.449 e. The Morgan fingerprint density at radius 1 is 1.33 bits per heavy atom. The van der Waals surface area contributed by atoms with E-state index in [1.165, 1.54) is 12.1 Å². The van der Waals surface area contributed by atoms with Crippen molar-refractivity contribution in [1.82, 2.24) is 4.90 Å². The molecule has 118 valence electrons. The minimum absolute atomic E-state index is 0.408. The number of carbonyl (C=O) groups is 1. The average Bonchev–Trinajstić information content (AvgIpc) is 2.83. The molecular formula is C15H21F3N2O. The Hall–Kier alpha value is -1.40. The Labute approximate surface area is 122 Å². The molecule has 0 aliphatic carbocycles. The highest BCUT2D eigenvalue weighted by Crippen LogP contribution is 2.14. The van der Waals surface area contributed by atoms with Crippen LogP contribution in [0.1, 0.15) is 18.9 Å². The molecule has 1 aromatic rings. The van der Waals surface area contributed by atoms with Gasteiger partial charge in [0.05, 0.1) is 0 Å². The van der Waals surface area contributed by atoms with Crippen molar-refractivity contribution < 1.29 is 18.0 Å². The molecule has 1 unspecified atom stereocenters. The zero-order chi connectivity index (χ0) is 15.9. The van der Waals surface area contributed by atoms with E-state index in [4.69, 9.17) is 5.73 Å². The molecule has 1 heterocycles. The number of Topliss-reactive ketones (excluding diaryl/α,β-unsaturated/α-hetero) is 1. The summed E-state index contributed by atoms with van der Waals surface area (Å²) in [5.41, 5.74) is 7.28. The van der Waals surface area contributed by atoms with E-state index in [2.05, 4.69) is 35.2 Å². The molecule has 0 radical (unpaired) electrons. The van der Waals surface area contributed by atoms with Gasteiger partial charge in [-0.2, -0.15) is 13.2 Å². The molecule has 21 heavy (non-hydrogen) atoms. The van der Waals surface area contributed by atoms with Gasteiger partial charge in [0, 0.05) is 26.1 Å². The van der Waals surface area contributed by atoms with Gasteiger partial charge in [-0.05, 0) is 24.9 Å². The maximum absolute atomic E-state index is 10.8. The van der Waals surface area contributed by atoms with Crippen LogP contribution >= 0.6 is 0 Å². The van der Waals surface area contributed by atoms with Crippen LogP contribution in [0.4, 0.5) is 13.2 Å². The fourth-order valence-electron chi connectivity index (χ4n) is 2.00. The quantitative estimate of drug-likeness (QED) is 0.932. The van der Waals surface area contributed by atoms with E-state index in [9.17, 15) is 18.0 Å². The molecule has 1 atom stereocenters. The number of hydrogen-bond acceptors (Lipinski definition) is 3. The van der Waals surface area contributed by atoms with Gasteiger partial charge in [0.25, 0.3) is 0 Å². The number of likely N-dealkylation sites (tertiary alicyclic amines) is 1. The third-order valence-corrected chi connectivity index (χ3v) is 3.27. The number of carbonyl (C=O) groups excluding carboxylic acids is 1. The molecular weight excluding hydrogens is 281 g/mol. The minimum atomic E-state index is -4.64. The second-order valence-electron chi connectivity index (χ2n) is 5.14. The number of hydrogen-bond donors (Lipinski definition) is 1. The predicted octanol–water partition coefficient (Wildman–Crippen LogP) is 2.40. The van der Waals surface area contributed by atoms with Crippen LogP contribution in [-0.2, 0) is 11.2 Å². The molecule has 0 saturated carbocycles. The van der Waals surface area contributed by atoms with E-state index in [0.29, 0.717) is 13.0 Å². The summed E-state index contributed by atoms with van der Waals surface area (Å²) in [5, 5.41) is 0. The average molecular weight is 302 g/mol. The Kier molecular flexibility index (Phi) is 6.84. The third kappa shape index (κ3) is 7.24. The van der Waals surface area contributed by atoms with Crippen LogP contribution in [0.25, 0.3) is 0 Å². The van der Waals surface area contributed by atoms with E-state index in [1.807, 2.05) is 0 Å². The Bertz CT molecular complexity index is 434. The van der Waals surface area contributed by atoms with Crippen molar-refractivity contribution in [1.29, 1.82) is 0 Å². The van der Waals surface area contributed by atoms with Crippen molar-refractivity contribution >= 4 is 5.78 Å². The largest absolute Gasteiger partial charge is 0.449 e. The molecule has 0 amide bonds. The molecule has 0 spiro atoms. The lowest BCUT2D eigenvalue weighted by atomic mass is 10.1. The van der Waals surface area contributed by atoms with Crippen LogP contribution < -0.4 is 5.73 Å². The van der Waals surface area contributed by atoms with Gasteiger partial charge in [-0.15, -0.1) is 0 Å². The highest BCUT2D eigenvalue weighted by molar-refractivity contribution is 5.81. The van der Waals surface area contributed by atoms with E-state index in [-0.39, 0.29) is 0 Å². The van der Waals surface area contributed by atoms with Gasteiger partial charge in [0.15, 0.2) is 0 Å². The molecule has 0 aromatic heterocycles. The maximum atomic E-state index is 10.8. The van der Waals surface area contributed by atoms with Crippen LogP contribution in [0.2, 0.25) is 0 Å². The minimum Gasteiger partial charge on any atom is -0.326 e. The molecule has 1 aromatic carbocycles. The van der Waals surface area contributed by atoms with Gasteiger partial charge in [0.2, 0.25) is 5.78 Å². The summed E-state index contributed by atoms with van der Waals surface area (Å²) in [5.74, 6) is -1.76. The number of alkyl halides is 3. The van der Waals surface area contributed by atoms with Gasteiger partial charge in [-0.3, -0.25) is 4.79 Å². The lowest BCUT2D eigenvalue weighted by Crippen LogP contribution is -2.28. The first kappa shape index (κ1) is 17.7. The summed E-state index contributed by atoms with van der Waals surface area (Å²) in [7, 11) is 0. The van der Waals surface area contributed by atoms with Crippen molar-refractivity contribution in [2.45, 2.75) is 32.0 Å². The zero-order valence-corrected chi connectivity index (χ0v) is 12.1. The number of rotatable bonds is 3. The third-order valence-electron chi connectivity index (χ3n) is 3.27. The van der Waals surface area contributed by atoms with E-state index in [1.54, 1.807) is 0 Å². The number of benzene rings is 1. The van der Waals surface area contributed by atoms with Crippen LogP contribution in [0.3, 0.4) is 0 Å². The SMILES string of the molecule is CC(=O)C(F)(F)F.NC1CCN(CCc2ccccc2)C1.